The van der Waals surface area contributed by atoms with Crippen LogP contribution in [0.3, 0.4) is 0 Å². The van der Waals surface area contributed by atoms with Crippen LogP contribution in [0.15, 0.2) is 48.5 Å². The van der Waals surface area contributed by atoms with E-state index in [9.17, 15) is 0 Å². The molecule has 2 aromatic carbocycles. The molecule has 0 N–H and O–H groups in total. The van der Waals surface area contributed by atoms with Crippen LogP contribution in [-0.2, 0) is 0 Å². The molecule has 0 atom stereocenters. The zero-order valence-corrected chi connectivity index (χ0v) is 21.0. The highest BCUT2D eigenvalue weighted by atomic mass is 127. The minimum Gasteiger partial charge on any atom is -0.369 e. The predicted octanol–water partition coefficient (Wildman–Crippen LogP) is 6.18. The maximum absolute atomic E-state index is 4.44. The first kappa shape index (κ1) is 21.3. The van der Waals surface area contributed by atoms with Crippen molar-refractivity contribution in [1.29, 1.82) is 0 Å². The lowest BCUT2D eigenvalue weighted by Gasteiger charge is -2.42. The first-order valence-electron chi connectivity index (χ1n) is 11.3. The van der Waals surface area contributed by atoms with Crippen molar-refractivity contribution < 1.29 is 0 Å². The van der Waals surface area contributed by atoms with E-state index in [2.05, 4.69) is 98.0 Å². The van der Waals surface area contributed by atoms with Gasteiger partial charge in [-0.25, -0.2) is 0 Å². The van der Waals surface area contributed by atoms with E-state index < -0.39 is 0 Å². The molecule has 5 rings (SSSR count). The highest BCUT2D eigenvalue weighted by Gasteiger charge is 2.27. The van der Waals surface area contributed by atoms with E-state index in [0.717, 1.165) is 46.2 Å². The van der Waals surface area contributed by atoms with Crippen molar-refractivity contribution >= 4 is 39.6 Å². The van der Waals surface area contributed by atoms with Gasteiger partial charge in [-0.05, 0) is 90.6 Å². The van der Waals surface area contributed by atoms with Gasteiger partial charge >= 0.3 is 0 Å². The minimum absolute atomic E-state index is 0.820. The lowest BCUT2D eigenvalue weighted by atomic mass is 9.86. The Morgan fingerprint density at radius 3 is 1.90 bits per heavy atom. The zero-order chi connectivity index (χ0) is 21.2. The minimum atomic E-state index is 0.820. The molecular formula is C25H29IN4S. The molecule has 4 nitrogen and oxygen atoms in total. The summed E-state index contributed by atoms with van der Waals surface area (Å²) in [5.74, 6) is 0.928. The fraction of sp³-hybridized carbons (Fsp3) is 0.440. The highest BCUT2D eigenvalue weighted by molar-refractivity contribution is 14.1. The molecule has 0 spiro atoms. The third-order valence-electron chi connectivity index (χ3n) is 6.81. The highest BCUT2D eigenvalue weighted by Crippen LogP contribution is 2.32. The van der Waals surface area contributed by atoms with E-state index in [1.54, 1.807) is 11.3 Å². The van der Waals surface area contributed by atoms with E-state index in [4.69, 9.17) is 0 Å². The van der Waals surface area contributed by atoms with Gasteiger partial charge in [0.05, 0.1) is 0 Å². The summed E-state index contributed by atoms with van der Waals surface area (Å²) in [6.07, 6.45) is 5.59. The Morgan fingerprint density at radius 1 is 0.774 bits per heavy atom. The Labute approximate surface area is 202 Å². The van der Waals surface area contributed by atoms with Crippen LogP contribution in [0.1, 0.15) is 32.6 Å². The van der Waals surface area contributed by atoms with Crippen molar-refractivity contribution in [3.8, 4) is 21.1 Å². The summed E-state index contributed by atoms with van der Waals surface area (Å²) < 4.78 is 1.23. The molecule has 2 heterocycles. The van der Waals surface area contributed by atoms with Gasteiger partial charge in [0.2, 0.25) is 0 Å². The molecule has 1 aromatic heterocycles. The third-order valence-corrected chi connectivity index (χ3v) is 8.55. The smallest absolute Gasteiger partial charge is 0.148 e. The molecule has 1 aliphatic heterocycles. The Bertz CT molecular complexity index is 985. The van der Waals surface area contributed by atoms with Crippen LogP contribution in [0.4, 0.5) is 5.69 Å². The molecule has 1 saturated heterocycles. The average molecular weight is 545 g/mol. The quantitative estimate of drug-likeness (QED) is 0.368. The molecule has 3 aromatic rings. The van der Waals surface area contributed by atoms with Gasteiger partial charge in [-0.15, -0.1) is 10.2 Å². The van der Waals surface area contributed by atoms with E-state index in [0.29, 0.717) is 0 Å². The normalized spacial score (nSPS) is 22.6. The molecular weight excluding hydrogens is 515 g/mol. The van der Waals surface area contributed by atoms with Crippen molar-refractivity contribution in [2.45, 2.75) is 38.6 Å². The molecule has 0 radical (unpaired) electrons. The summed E-state index contributed by atoms with van der Waals surface area (Å²) in [5, 5.41) is 10.8. The monoisotopic (exact) mass is 544 g/mol. The van der Waals surface area contributed by atoms with Gasteiger partial charge in [0, 0.05) is 52.6 Å². The number of rotatable bonds is 4. The maximum atomic E-state index is 4.44. The van der Waals surface area contributed by atoms with E-state index in [-0.39, 0.29) is 0 Å². The van der Waals surface area contributed by atoms with Crippen LogP contribution < -0.4 is 4.90 Å². The average Bonchev–Trinajstić information content (AvgIpc) is 3.31. The molecule has 31 heavy (non-hydrogen) atoms. The lowest BCUT2D eigenvalue weighted by Crippen LogP contribution is -2.51. The number of halogens is 1. The number of aromatic nitrogens is 2. The van der Waals surface area contributed by atoms with Crippen molar-refractivity contribution in [1.82, 2.24) is 15.1 Å². The standard InChI is InChI=1S/C25H29IN4S/c1-18-2-10-22(11-3-18)29-14-16-30(17-15-29)23-12-6-20(7-13-23)25-28-27-24(31-25)19-4-8-21(26)9-5-19/h4-9,12-13,18,22H,2-3,10-11,14-17H2,1H3. The first-order valence-corrected chi connectivity index (χ1v) is 13.2. The van der Waals surface area contributed by atoms with Gasteiger partial charge in [-0.3, -0.25) is 4.90 Å². The zero-order valence-electron chi connectivity index (χ0n) is 18.0. The largest absolute Gasteiger partial charge is 0.369 e. The van der Waals surface area contributed by atoms with E-state index >= 15 is 0 Å². The summed E-state index contributed by atoms with van der Waals surface area (Å²) in [6, 6.07) is 18.2. The van der Waals surface area contributed by atoms with Crippen molar-refractivity contribution in [2.75, 3.05) is 31.1 Å². The number of nitrogens with zero attached hydrogens (tertiary/aromatic N) is 4. The first-order chi connectivity index (χ1) is 15.2. The van der Waals surface area contributed by atoms with Crippen LogP contribution in [0.2, 0.25) is 0 Å². The Morgan fingerprint density at radius 2 is 1.32 bits per heavy atom. The molecule has 1 saturated carbocycles. The Kier molecular flexibility index (Phi) is 6.57. The second kappa shape index (κ2) is 9.55. The van der Waals surface area contributed by atoms with E-state index in [1.165, 1.54) is 48.0 Å². The van der Waals surface area contributed by atoms with Gasteiger partial charge in [0.1, 0.15) is 10.0 Å². The maximum Gasteiger partial charge on any atom is 0.148 e. The number of anilines is 1. The summed E-state index contributed by atoms with van der Waals surface area (Å²) in [4.78, 5) is 5.27. The second-order valence-electron chi connectivity index (χ2n) is 8.90. The fourth-order valence-electron chi connectivity index (χ4n) is 4.82. The molecule has 6 heteroatoms. The van der Waals surface area contributed by atoms with Crippen molar-refractivity contribution in [3.63, 3.8) is 0 Å². The molecule has 0 bridgehead atoms. The van der Waals surface area contributed by atoms with Crippen LogP contribution >= 0.6 is 33.9 Å². The molecule has 162 valence electrons. The molecule has 0 unspecified atom stereocenters. The summed E-state index contributed by atoms with van der Waals surface area (Å²) in [5.41, 5.74) is 3.60. The molecule has 1 aliphatic carbocycles. The van der Waals surface area contributed by atoms with Crippen LogP contribution in [0.5, 0.6) is 0 Å². The number of hydrogen-bond donors (Lipinski definition) is 0. The number of benzene rings is 2. The van der Waals surface area contributed by atoms with Crippen LogP contribution in [-0.4, -0.2) is 47.3 Å². The second-order valence-corrected chi connectivity index (χ2v) is 11.1. The van der Waals surface area contributed by atoms with Gasteiger partial charge in [-0.1, -0.05) is 30.4 Å². The number of piperazine rings is 1. The van der Waals surface area contributed by atoms with Gasteiger partial charge < -0.3 is 4.90 Å². The topological polar surface area (TPSA) is 32.3 Å². The Hall–Kier alpha value is -1.51. The van der Waals surface area contributed by atoms with Crippen LogP contribution in [0, 0.1) is 9.49 Å². The third kappa shape index (κ3) is 4.96. The van der Waals surface area contributed by atoms with Gasteiger partial charge in [0.25, 0.3) is 0 Å². The fourth-order valence-corrected chi connectivity index (χ4v) is 6.03. The van der Waals surface area contributed by atoms with Crippen molar-refractivity contribution in [3.05, 3.63) is 52.1 Å². The predicted molar refractivity (Wildman–Crippen MR) is 139 cm³/mol. The summed E-state index contributed by atoms with van der Waals surface area (Å²) in [7, 11) is 0. The molecule has 2 aliphatic rings. The van der Waals surface area contributed by atoms with E-state index in [1.807, 2.05) is 0 Å². The summed E-state index contributed by atoms with van der Waals surface area (Å²) in [6.45, 7) is 7.04. The van der Waals surface area contributed by atoms with Crippen LogP contribution in [0.25, 0.3) is 21.1 Å². The molecule has 2 fully saturated rings. The SMILES string of the molecule is CC1CCC(N2CCN(c3ccc(-c4nnc(-c5ccc(I)cc5)s4)cc3)CC2)CC1. The molecule has 0 amide bonds. The van der Waals surface area contributed by atoms with Gasteiger partial charge in [-0.2, -0.15) is 0 Å². The lowest BCUT2D eigenvalue weighted by molar-refractivity contribution is 0.133. The van der Waals surface area contributed by atoms with Crippen molar-refractivity contribution in [2.24, 2.45) is 5.92 Å². The summed E-state index contributed by atoms with van der Waals surface area (Å²) >= 11 is 3.98. The Balaban J connectivity index is 1.20. The number of hydrogen-bond acceptors (Lipinski definition) is 5. The van der Waals surface area contributed by atoms with Gasteiger partial charge in [0.15, 0.2) is 0 Å².